The smallest absolute Gasteiger partial charge is 0.248 e. The molecule has 4 aliphatic carbocycles. The molecule has 1 N–H and O–H groups in total. The Morgan fingerprint density at radius 1 is 1.19 bits per heavy atom. The van der Waals surface area contributed by atoms with Gasteiger partial charge in [-0.25, -0.2) is 0 Å². The van der Waals surface area contributed by atoms with Gasteiger partial charge in [0.25, 0.3) is 0 Å². The number of carbonyl (C=O) groups excluding carboxylic acids is 1. The van der Waals surface area contributed by atoms with Crippen molar-refractivity contribution in [3.05, 3.63) is 22.7 Å². The normalized spacial score (nSPS) is 32.1. The van der Waals surface area contributed by atoms with Crippen molar-refractivity contribution in [2.24, 2.45) is 23.2 Å². The van der Waals surface area contributed by atoms with Crippen molar-refractivity contribution in [3.8, 4) is 11.5 Å². The number of hydrogen-bond acceptors (Lipinski definition) is 5. The summed E-state index contributed by atoms with van der Waals surface area (Å²) in [5.41, 5.74) is 1.33. The van der Waals surface area contributed by atoms with Gasteiger partial charge in [0.15, 0.2) is 0 Å². The number of aryl methyl sites for hydroxylation is 1. The Bertz CT molecular complexity index is 748. The molecule has 0 atom stereocenters. The molecule has 0 aromatic carbocycles. The van der Waals surface area contributed by atoms with Crippen LogP contribution in [0.15, 0.2) is 21.2 Å². The van der Waals surface area contributed by atoms with Gasteiger partial charge in [0.05, 0.1) is 0 Å². The molecule has 5 nitrogen and oxygen atoms in total. The first kappa shape index (κ1) is 16.5. The lowest BCUT2D eigenvalue weighted by Crippen LogP contribution is -2.51. The zero-order chi connectivity index (χ0) is 17.6. The molecule has 2 heterocycles. The molecule has 1 amide bonds. The molecule has 0 unspecified atom stereocenters. The first-order chi connectivity index (χ1) is 12.7. The van der Waals surface area contributed by atoms with Crippen LogP contribution in [0.5, 0.6) is 0 Å². The monoisotopic (exact) mass is 371 g/mol. The van der Waals surface area contributed by atoms with Gasteiger partial charge in [0.2, 0.25) is 17.7 Å². The number of thiophene rings is 1. The molecule has 4 bridgehead atoms. The molecule has 0 spiro atoms. The van der Waals surface area contributed by atoms with Gasteiger partial charge in [-0.05, 0) is 73.1 Å². The van der Waals surface area contributed by atoms with Crippen LogP contribution in [0.3, 0.4) is 0 Å². The van der Waals surface area contributed by atoms with Crippen LogP contribution in [0.4, 0.5) is 0 Å². The summed E-state index contributed by atoms with van der Waals surface area (Å²) in [5, 5.41) is 15.3. The lowest BCUT2D eigenvalue weighted by molar-refractivity contribution is -0.123. The van der Waals surface area contributed by atoms with Crippen molar-refractivity contribution in [1.82, 2.24) is 15.5 Å². The molecule has 4 aliphatic rings. The third kappa shape index (κ3) is 3.20. The SMILES string of the molecule is O=C(CCc1nnc(-c2ccsc2)o1)NCC12CC3CC(CC(C3)C1)C2. The Balaban J connectivity index is 1.13. The number of carbonyl (C=O) groups is 1. The highest BCUT2D eigenvalue weighted by Gasteiger charge is 2.50. The van der Waals surface area contributed by atoms with Crippen molar-refractivity contribution >= 4 is 17.2 Å². The van der Waals surface area contributed by atoms with E-state index in [1.807, 2.05) is 16.8 Å². The molecule has 26 heavy (non-hydrogen) atoms. The number of rotatable bonds is 6. The van der Waals surface area contributed by atoms with Crippen molar-refractivity contribution < 1.29 is 9.21 Å². The van der Waals surface area contributed by atoms with E-state index in [1.165, 1.54) is 38.5 Å². The highest BCUT2D eigenvalue weighted by molar-refractivity contribution is 7.08. The predicted molar refractivity (Wildman–Crippen MR) is 99.5 cm³/mol. The number of nitrogens with one attached hydrogen (secondary N) is 1. The van der Waals surface area contributed by atoms with Crippen LogP contribution in [0.1, 0.15) is 50.8 Å². The molecule has 0 radical (unpaired) electrons. The van der Waals surface area contributed by atoms with Crippen molar-refractivity contribution in [3.63, 3.8) is 0 Å². The van der Waals surface area contributed by atoms with Crippen molar-refractivity contribution in [2.75, 3.05) is 6.54 Å². The molecule has 2 aromatic rings. The molecule has 4 saturated carbocycles. The Morgan fingerprint density at radius 2 is 1.92 bits per heavy atom. The standard InChI is InChI=1S/C20H25N3O2S/c24-17(1-2-18-22-23-19(25-18)16-3-4-26-11-16)21-12-20-8-13-5-14(9-20)7-15(6-13)10-20/h3-4,11,13-15H,1-2,5-10,12H2,(H,21,24). The van der Waals surface area contributed by atoms with E-state index in [1.54, 1.807) is 11.3 Å². The van der Waals surface area contributed by atoms with Gasteiger partial charge in [0, 0.05) is 30.3 Å². The van der Waals surface area contributed by atoms with Crippen LogP contribution in [0.2, 0.25) is 0 Å². The third-order valence-electron chi connectivity index (χ3n) is 6.63. The van der Waals surface area contributed by atoms with E-state index < -0.39 is 0 Å². The third-order valence-corrected chi connectivity index (χ3v) is 7.31. The van der Waals surface area contributed by atoms with Crippen LogP contribution in [-0.4, -0.2) is 22.6 Å². The quantitative estimate of drug-likeness (QED) is 0.831. The fourth-order valence-corrected chi connectivity index (χ4v) is 6.59. The van der Waals surface area contributed by atoms with Gasteiger partial charge < -0.3 is 9.73 Å². The molecule has 0 saturated heterocycles. The van der Waals surface area contributed by atoms with Crippen LogP contribution in [0, 0.1) is 23.2 Å². The van der Waals surface area contributed by atoms with Crippen LogP contribution in [0.25, 0.3) is 11.5 Å². The van der Waals surface area contributed by atoms with E-state index in [9.17, 15) is 4.79 Å². The van der Waals surface area contributed by atoms with E-state index in [-0.39, 0.29) is 5.91 Å². The van der Waals surface area contributed by atoms with E-state index in [0.29, 0.717) is 30.0 Å². The number of hydrogen-bond donors (Lipinski definition) is 1. The average molecular weight is 372 g/mol. The summed E-state index contributed by atoms with van der Waals surface area (Å²) >= 11 is 1.60. The minimum atomic E-state index is 0.107. The van der Waals surface area contributed by atoms with Crippen molar-refractivity contribution in [2.45, 2.75) is 51.4 Å². The second kappa shape index (κ2) is 6.48. The largest absolute Gasteiger partial charge is 0.421 e. The zero-order valence-corrected chi connectivity index (χ0v) is 15.8. The average Bonchev–Trinajstić information content (AvgIpc) is 3.28. The summed E-state index contributed by atoms with van der Waals surface area (Å²) in [6.45, 7) is 0.860. The van der Waals surface area contributed by atoms with E-state index >= 15 is 0 Å². The fourth-order valence-electron chi connectivity index (χ4n) is 5.96. The molecule has 2 aromatic heterocycles. The summed E-state index contributed by atoms with van der Waals surface area (Å²) in [7, 11) is 0. The zero-order valence-electron chi connectivity index (χ0n) is 14.9. The maximum atomic E-state index is 12.3. The molecule has 4 fully saturated rings. The lowest BCUT2D eigenvalue weighted by Gasteiger charge is -2.56. The minimum absolute atomic E-state index is 0.107. The van der Waals surface area contributed by atoms with E-state index in [0.717, 1.165) is 29.9 Å². The van der Waals surface area contributed by atoms with Crippen LogP contribution < -0.4 is 5.32 Å². The molecule has 138 valence electrons. The Labute approximate surface area is 157 Å². The highest BCUT2D eigenvalue weighted by Crippen LogP contribution is 2.59. The van der Waals surface area contributed by atoms with Gasteiger partial charge >= 0.3 is 0 Å². The molecular formula is C20H25N3O2S. The Morgan fingerprint density at radius 3 is 2.58 bits per heavy atom. The second-order valence-corrected chi connectivity index (χ2v) is 9.49. The summed E-state index contributed by atoms with van der Waals surface area (Å²) in [5.74, 6) is 3.95. The van der Waals surface area contributed by atoms with Gasteiger partial charge in [0.1, 0.15) is 0 Å². The molecule has 6 rings (SSSR count). The maximum Gasteiger partial charge on any atom is 0.248 e. The summed E-state index contributed by atoms with van der Waals surface area (Å²) in [6.07, 6.45) is 9.22. The number of nitrogens with zero attached hydrogens (tertiary/aromatic N) is 2. The summed E-state index contributed by atoms with van der Waals surface area (Å²) in [4.78, 5) is 12.3. The first-order valence-corrected chi connectivity index (χ1v) is 10.7. The molecule has 0 aliphatic heterocycles. The van der Waals surface area contributed by atoms with Crippen LogP contribution in [-0.2, 0) is 11.2 Å². The van der Waals surface area contributed by atoms with Crippen molar-refractivity contribution in [1.29, 1.82) is 0 Å². The molecule has 6 heteroatoms. The number of amides is 1. The van der Waals surface area contributed by atoms with Gasteiger partial charge in [-0.2, -0.15) is 11.3 Å². The van der Waals surface area contributed by atoms with E-state index in [4.69, 9.17) is 4.42 Å². The summed E-state index contributed by atoms with van der Waals surface area (Å²) < 4.78 is 5.66. The summed E-state index contributed by atoms with van der Waals surface area (Å²) in [6, 6.07) is 1.96. The van der Waals surface area contributed by atoms with Gasteiger partial charge in [-0.15, -0.1) is 10.2 Å². The van der Waals surface area contributed by atoms with E-state index in [2.05, 4.69) is 15.5 Å². The topological polar surface area (TPSA) is 68.0 Å². The van der Waals surface area contributed by atoms with Gasteiger partial charge in [-0.3, -0.25) is 4.79 Å². The molecular weight excluding hydrogens is 346 g/mol. The fraction of sp³-hybridized carbons (Fsp3) is 0.650. The second-order valence-electron chi connectivity index (χ2n) is 8.71. The van der Waals surface area contributed by atoms with Crippen LogP contribution >= 0.6 is 11.3 Å². The first-order valence-electron chi connectivity index (χ1n) is 9.79. The predicted octanol–water partition coefficient (Wildman–Crippen LogP) is 4.06. The number of aromatic nitrogens is 2. The maximum absolute atomic E-state index is 12.3. The Kier molecular flexibility index (Phi) is 4.11. The van der Waals surface area contributed by atoms with Gasteiger partial charge in [-0.1, -0.05) is 0 Å². The Hall–Kier alpha value is -1.69. The lowest BCUT2D eigenvalue weighted by atomic mass is 9.49. The highest BCUT2D eigenvalue weighted by atomic mass is 32.1. The minimum Gasteiger partial charge on any atom is -0.421 e.